The van der Waals surface area contributed by atoms with Crippen LogP contribution in [0.1, 0.15) is 22.3 Å². The van der Waals surface area contributed by atoms with Gasteiger partial charge in [-0.3, -0.25) is 0 Å². The summed E-state index contributed by atoms with van der Waals surface area (Å²) in [6.07, 6.45) is 0. The van der Waals surface area contributed by atoms with Crippen molar-refractivity contribution in [1.29, 1.82) is 0 Å². The van der Waals surface area contributed by atoms with Crippen LogP contribution in [-0.2, 0) is 10.9 Å². The molecule has 0 bridgehead atoms. The lowest BCUT2D eigenvalue weighted by molar-refractivity contribution is 0.451. The lowest BCUT2D eigenvalue weighted by atomic mass is 9.77. The van der Waals surface area contributed by atoms with Gasteiger partial charge in [0, 0.05) is 21.8 Å². The van der Waals surface area contributed by atoms with Crippen molar-refractivity contribution in [3.05, 3.63) is 162 Å². The summed E-state index contributed by atoms with van der Waals surface area (Å²) in [5.41, 5.74) is 6.15. The summed E-state index contributed by atoms with van der Waals surface area (Å²) in [6, 6.07) is 47.7. The zero-order valence-corrected chi connectivity index (χ0v) is 23.6. The molecule has 5 nitrogen and oxygen atoms in total. The highest BCUT2D eigenvalue weighted by molar-refractivity contribution is 9.08. The summed E-state index contributed by atoms with van der Waals surface area (Å²) in [5, 5.41) is 15.5. The first-order valence-corrected chi connectivity index (χ1v) is 14.5. The molecule has 0 fully saturated rings. The quantitative estimate of drug-likeness (QED) is 0.137. The molecule has 0 spiro atoms. The van der Waals surface area contributed by atoms with Gasteiger partial charge in [0.15, 0.2) is 5.82 Å². The van der Waals surface area contributed by atoms with E-state index in [-0.39, 0.29) is 0 Å². The number of hydrogen-bond donors (Lipinski definition) is 0. The van der Waals surface area contributed by atoms with Crippen LogP contribution in [0.3, 0.4) is 0 Å². The third-order valence-electron chi connectivity index (χ3n) is 7.53. The van der Waals surface area contributed by atoms with Gasteiger partial charge >= 0.3 is 0 Å². The van der Waals surface area contributed by atoms with E-state index in [4.69, 9.17) is 9.63 Å². The van der Waals surface area contributed by atoms with E-state index in [9.17, 15) is 0 Å². The smallest absolute Gasteiger partial charge is 0.184 e. The first-order valence-electron chi connectivity index (χ1n) is 13.4. The molecule has 0 N–H and O–H groups in total. The Bertz CT molecular complexity index is 1830. The third kappa shape index (κ3) is 4.28. The molecule has 0 amide bonds. The monoisotopic (exact) mass is 596 g/mol. The first-order chi connectivity index (χ1) is 20.3. The van der Waals surface area contributed by atoms with E-state index in [2.05, 4.69) is 129 Å². The van der Waals surface area contributed by atoms with Crippen LogP contribution >= 0.6 is 15.9 Å². The molecule has 5 aromatic carbocycles. The maximum atomic E-state index is 6.38. The normalized spacial score (nSPS) is 11.6. The summed E-state index contributed by atoms with van der Waals surface area (Å²) < 4.78 is 8.33. The molecule has 0 radical (unpaired) electrons. The van der Waals surface area contributed by atoms with Crippen LogP contribution in [0.5, 0.6) is 0 Å². The molecule has 7 aromatic rings. The Kier molecular flexibility index (Phi) is 6.53. The average Bonchev–Trinajstić information content (AvgIpc) is 3.71. The minimum atomic E-state index is -0.839. The molecule has 0 saturated carbocycles. The van der Waals surface area contributed by atoms with Gasteiger partial charge in [-0.1, -0.05) is 137 Å². The Morgan fingerprint density at radius 1 is 0.634 bits per heavy atom. The van der Waals surface area contributed by atoms with Gasteiger partial charge in [0.05, 0.1) is 0 Å². The average molecular weight is 598 g/mol. The number of rotatable bonds is 7. The first kappa shape index (κ1) is 25.2. The van der Waals surface area contributed by atoms with Crippen LogP contribution < -0.4 is 0 Å². The lowest BCUT2D eigenvalue weighted by Crippen LogP contribution is -2.39. The van der Waals surface area contributed by atoms with Gasteiger partial charge in [-0.25, -0.2) is 4.68 Å². The van der Waals surface area contributed by atoms with Crippen molar-refractivity contribution in [1.82, 2.24) is 20.2 Å². The Morgan fingerprint density at radius 2 is 1.20 bits per heavy atom. The van der Waals surface area contributed by atoms with E-state index in [1.54, 1.807) is 0 Å². The number of aromatic nitrogens is 4. The summed E-state index contributed by atoms with van der Waals surface area (Å²) in [7, 11) is 0. The molecule has 0 aliphatic carbocycles. The molecule has 2 heterocycles. The van der Waals surface area contributed by atoms with Gasteiger partial charge in [0.25, 0.3) is 0 Å². The topological polar surface area (TPSA) is 56.7 Å². The summed E-state index contributed by atoms with van der Waals surface area (Å²) >= 11 is 3.56. The fourth-order valence-corrected chi connectivity index (χ4v) is 6.04. The van der Waals surface area contributed by atoms with Crippen molar-refractivity contribution in [2.24, 2.45) is 0 Å². The number of alkyl halides is 1. The minimum Gasteiger partial charge on any atom is -0.456 e. The van der Waals surface area contributed by atoms with Crippen molar-refractivity contribution < 1.29 is 4.42 Å². The van der Waals surface area contributed by atoms with Crippen molar-refractivity contribution in [3.63, 3.8) is 0 Å². The molecular formula is C35H25BrN4O. The van der Waals surface area contributed by atoms with E-state index in [0.717, 1.165) is 49.9 Å². The van der Waals surface area contributed by atoms with Gasteiger partial charge in [0.2, 0.25) is 0 Å². The Balaban J connectivity index is 1.51. The minimum absolute atomic E-state index is 0.638. The number of nitrogens with zero attached hydrogens (tertiary/aromatic N) is 4. The predicted octanol–water partition coefficient (Wildman–Crippen LogP) is 8.49. The molecule has 0 aliphatic heterocycles. The maximum absolute atomic E-state index is 6.38. The SMILES string of the molecule is BrCc1ccc2oc(-c3ccccc3-c3nnnn3C(c3ccccc3)(c3ccccc3)c3ccccc3)cc2c1. The number of benzene rings is 5. The van der Waals surface area contributed by atoms with Crippen LogP contribution in [-0.4, -0.2) is 20.2 Å². The van der Waals surface area contributed by atoms with Gasteiger partial charge in [-0.2, -0.15) is 0 Å². The number of tetrazole rings is 1. The summed E-state index contributed by atoms with van der Waals surface area (Å²) in [4.78, 5) is 0. The number of halogens is 1. The number of hydrogen-bond acceptors (Lipinski definition) is 4. The molecule has 0 saturated heterocycles. The van der Waals surface area contributed by atoms with E-state index in [0.29, 0.717) is 5.82 Å². The summed E-state index contributed by atoms with van der Waals surface area (Å²) in [6.45, 7) is 0. The van der Waals surface area contributed by atoms with Crippen molar-refractivity contribution >= 4 is 26.9 Å². The van der Waals surface area contributed by atoms with Crippen molar-refractivity contribution in [2.45, 2.75) is 10.9 Å². The molecule has 0 unspecified atom stereocenters. The molecule has 0 aliphatic rings. The van der Waals surface area contributed by atoms with Crippen molar-refractivity contribution in [2.75, 3.05) is 0 Å². The van der Waals surface area contributed by atoms with Gasteiger partial charge < -0.3 is 4.42 Å². The molecule has 6 heteroatoms. The Labute approximate surface area is 246 Å². The molecule has 2 aromatic heterocycles. The fourth-order valence-electron chi connectivity index (χ4n) is 5.69. The second-order valence-corrected chi connectivity index (χ2v) is 10.4. The predicted molar refractivity (Wildman–Crippen MR) is 166 cm³/mol. The van der Waals surface area contributed by atoms with Crippen LogP contribution in [0.15, 0.2) is 144 Å². The van der Waals surface area contributed by atoms with Crippen LogP contribution in [0.4, 0.5) is 0 Å². The number of furan rings is 1. The molecule has 0 atom stereocenters. The van der Waals surface area contributed by atoms with E-state index in [1.807, 2.05) is 41.1 Å². The van der Waals surface area contributed by atoms with E-state index in [1.165, 1.54) is 5.56 Å². The Morgan fingerprint density at radius 3 is 1.78 bits per heavy atom. The molecule has 198 valence electrons. The molecule has 41 heavy (non-hydrogen) atoms. The zero-order valence-electron chi connectivity index (χ0n) is 22.1. The largest absolute Gasteiger partial charge is 0.456 e. The van der Waals surface area contributed by atoms with Crippen LogP contribution in [0.2, 0.25) is 0 Å². The standard InChI is InChI=1S/C35H25BrN4O/c36-24-25-20-21-32-26(22-25)23-33(41-32)30-18-10-11-19-31(30)34-37-38-39-40(34)35(27-12-4-1-5-13-27,28-14-6-2-7-15-28)29-16-8-3-9-17-29/h1-23H,24H2. The van der Waals surface area contributed by atoms with E-state index >= 15 is 0 Å². The molecular weight excluding hydrogens is 572 g/mol. The third-order valence-corrected chi connectivity index (χ3v) is 8.18. The van der Waals surface area contributed by atoms with Crippen LogP contribution in [0, 0.1) is 0 Å². The molecule has 7 rings (SSSR count). The highest BCUT2D eigenvalue weighted by Crippen LogP contribution is 2.43. The van der Waals surface area contributed by atoms with Crippen molar-refractivity contribution in [3.8, 4) is 22.7 Å². The van der Waals surface area contributed by atoms with E-state index < -0.39 is 5.54 Å². The lowest BCUT2D eigenvalue weighted by Gasteiger charge is -2.36. The zero-order chi connectivity index (χ0) is 27.6. The fraction of sp³-hybridized carbons (Fsp3) is 0.0571. The second kappa shape index (κ2) is 10.6. The highest BCUT2D eigenvalue weighted by atomic mass is 79.9. The summed E-state index contributed by atoms with van der Waals surface area (Å²) in [5.74, 6) is 1.40. The van der Waals surface area contributed by atoms with Gasteiger partial charge in [0.1, 0.15) is 16.9 Å². The van der Waals surface area contributed by atoms with Crippen LogP contribution in [0.25, 0.3) is 33.7 Å². The number of fused-ring (bicyclic) bond motifs is 1. The van der Waals surface area contributed by atoms with Gasteiger partial charge in [-0.05, 0) is 50.9 Å². The maximum Gasteiger partial charge on any atom is 0.184 e. The Hall–Kier alpha value is -4.81. The van der Waals surface area contributed by atoms with Gasteiger partial charge in [-0.15, -0.1) is 5.10 Å². The highest BCUT2D eigenvalue weighted by Gasteiger charge is 2.42. The second-order valence-electron chi connectivity index (χ2n) is 9.88.